The van der Waals surface area contributed by atoms with Gasteiger partial charge in [-0.05, 0) is 25.5 Å². The number of benzene rings is 1. The first-order chi connectivity index (χ1) is 9.60. The zero-order valence-corrected chi connectivity index (χ0v) is 12.4. The van der Waals surface area contributed by atoms with E-state index in [1.807, 2.05) is 0 Å². The fraction of sp³-hybridized carbons (Fsp3) is 0.625. The van der Waals surface area contributed by atoms with E-state index >= 15 is 0 Å². The molecule has 0 saturated carbocycles. The fourth-order valence-electron chi connectivity index (χ4n) is 2.86. The van der Waals surface area contributed by atoms with Crippen LogP contribution in [0.3, 0.4) is 0 Å². The molecule has 3 atom stereocenters. The van der Waals surface area contributed by atoms with E-state index in [9.17, 15) is 10.2 Å². The molecule has 0 bridgehead atoms. The second kappa shape index (κ2) is 7.18. The van der Waals surface area contributed by atoms with E-state index in [4.69, 9.17) is 0 Å². The maximum Gasteiger partial charge on any atom is 0.0938 e. The summed E-state index contributed by atoms with van der Waals surface area (Å²) in [6.07, 6.45) is -0.199. The van der Waals surface area contributed by atoms with Crippen molar-refractivity contribution in [3.63, 3.8) is 0 Å². The lowest BCUT2D eigenvalue weighted by atomic mass is 10.0. The molecule has 1 aliphatic heterocycles. The summed E-state index contributed by atoms with van der Waals surface area (Å²) in [6, 6.07) is 8.92. The van der Waals surface area contributed by atoms with Crippen LogP contribution >= 0.6 is 0 Å². The number of nitrogens with one attached hydrogen (secondary N) is 1. The first-order valence-electron chi connectivity index (χ1n) is 7.48. The van der Waals surface area contributed by atoms with Crippen molar-refractivity contribution < 1.29 is 10.2 Å². The van der Waals surface area contributed by atoms with E-state index in [1.165, 1.54) is 11.1 Å². The van der Waals surface area contributed by atoms with Gasteiger partial charge in [0.1, 0.15) is 0 Å². The van der Waals surface area contributed by atoms with E-state index in [2.05, 4.69) is 48.3 Å². The molecule has 20 heavy (non-hydrogen) atoms. The number of hydrogen-bond acceptors (Lipinski definition) is 4. The van der Waals surface area contributed by atoms with Gasteiger partial charge in [0.25, 0.3) is 0 Å². The average molecular weight is 278 g/mol. The van der Waals surface area contributed by atoms with Crippen molar-refractivity contribution in [1.82, 2.24) is 10.2 Å². The van der Waals surface area contributed by atoms with Crippen molar-refractivity contribution in [2.45, 2.75) is 38.5 Å². The van der Waals surface area contributed by atoms with Crippen LogP contribution in [0.4, 0.5) is 0 Å². The van der Waals surface area contributed by atoms with Crippen LogP contribution in [0.1, 0.15) is 30.5 Å². The highest BCUT2D eigenvalue weighted by Gasteiger charge is 2.29. The highest BCUT2D eigenvalue weighted by molar-refractivity contribution is 5.25. The van der Waals surface area contributed by atoms with Gasteiger partial charge in [0.15, 0.2) is 0 Å². The molecule has 3 N–H and O–H groups in total. The largest absolute Gasteiger partial charge is 0.389 e. The number of aryl methyl sites for hydroxylation is 1. The van der Waals surface area contributed by atoms with Gasteiger partial charge < -0.3 is 15.5 Å². The van der Waals surface area contributed by atoms with Crippen LogP contribution in [-0.4, -0.2) is 53.5 Å². The highest BCUT2D eigenvalue weighted by atomic mass is 16.3. The molecule has 1 heterocycles. The summed E-state index contributed by atoms with van der Waals surface area (Å²) in [5.41, 5.74) is 2.59. The van der Waals surface area contributed by atoms with Gasteiger partial charge in [-0.25, -0.2) is 0 Å². The van der Waals surface area contributed by atoms with Crippen molar-refractivity contribution in [1.29, 1.82) is 0 Å². The summed E-state index contributed by atoms with van der Waals surface area (Å²) in [6.45, 7) is 7.21. The van der Waals surface area contributed by atoms with Crippen molar-refractivity contribution in [2.24, 2.45) is 0 Å². The van der Waals surface area contributed by atoms with Crippen LogP contribution in [0.5, 0.6) is 0 Å². The van der Waals surface area contributed by atoms with E-state index in [0.717, 1.165) is 19.5 Å². The Labute approximate surface area is 121 Å². The second-order valence-corrected chi connectivity index (χ2v) is 5.71. The number of aliphatic hydroxyl groups is 2. The van der Waals surface area contributed by atoms with Gasteiger partial charge in [0.05, 0.1) is 12.2 Å². The number of rotatable bonds is 6. The van der Waals surface area contributed by atoms with Crippen LogP contribution in [0.15, 0.2) is 24.3 Å². The lowest BCUT2D eigenvalue weighted by Gasteiger charge is -2.22. The lowest BCUT2D eigenvalue weighted by Crippen LogP contribution is -2.29. The Hall–Kier alpha value is -0.940. The van der Waals surface area contributed by atoms with Gasteiger partial charge in [-0.15, -0.1) is 0 Å². The molecule has 112 valence electrons. The van der Waals surface area contributed by atoms with Crippen LogP contribution in [0.2, 0.25) is 0 Å². The molecule has 3 unspecified atom stereocenters. The SMILES string of the molecule is CCNC(CCN1CC(O)C(O)C1)c1cccc(C)c1. The summed E-state index contributed by atoms with van der Waals surface area (Å²) in [7, 11) is 0. The third-order valence-electron chi connectivity index (χ3n) is 3.96. The minimum Gasteiger partial charge on any atom is -0.389 e. The predicted molar refractivity (Wildman–Crippen MR) is 80.7 cm³/mol. The molecule has 0 spiro atoms. The van der Waals surface area contributed by atoms with Crippen molar-refractivity contribution in [3.8, 4) is 0 Å². The third kappa shape index (κ3) is 4.03. The topological polar surface area (TPSA) is 55.7 Å². The molecular formula is C16H26N2O2. The number of hydrogen-bond donors (Lipinski definition) is 3. The third-order valence-corrected chi connectivity index (χ3v) is 3.96. The van der Waals surface area contributed by atoms with Crippen LogP contribution < -0.4 is 5.32 Å². The zero-order chi connectivity index (χ0) is 14.5. The highest BCUT2D eigenvalue weighted by Crippen LogP contribution is 2.20. The van der Waals surface area contributed by atoms with E-state index in [1.54, 1.807) is 0 Å². The van der Waals surface area contributed by atoms with Gasteiger partial charge in [0.2, 0.25) is 0 Å². The minimum absolute atomic E-state index is 0.329. The second-order valence-electron chi connectivity index (χ2n) is 5.71. The Morgan fingerprint density at radius 2 is 2.00 bits per heavy atom. The van der Waals surface area contributed by atoms with E-state index in [-0.39, 0.29) is 0 Å². The number of likely N-dealkylation sites (tertiary alicyclic amines) is 1. The summed E-state index contributed by atoms with van der Waals surface area (Å²) in [5, 5.41) is 22.7. The minimum atomic E-state index is -0.591. The molecule has 1 saturated heterocycles. The maximum atomic E-state index is 9.58. The van der Waals surface area contributed by atoms with E-state index in [0.29, 0.717) is 19.1 Å². The molecule has 0 amide bonds. The number of aliphatic hydroxyl groups excluding tert-OH is 2. The molecule has 0 aliphatic carbocycles. The average Bonchev–Trinajstić information content (AvgIpc) is 2.74. The standard InChI is InChI=1S/C16H26N2O2/c1-3-17-14(13-6-4-5-12(2)9-13)7-8-18-10-15(19)16(20)11-18/h4-6,9,14-17,19-20H,3,7-8,10-11H2,1-2H3. The zero-order valence-electron chi connectivity index (χ0n) is 12.4. The van der Waals surface area contributed by atoms with Crippen molar-refractivity contribution in [2.75, 3.05) is 26.2 Å². The fourth-order valence-corrected chi connectivity index (χ4v) is 2.86. The molecule has 0 radical (unpaired) electrons. The molecule has 0 aromatic heterocycles. The number of nitrogens with zero attached hydrogens (tertiary/aromatic N) is 1. The van der Waals surface area contributed by atoms with Gasteiger partial charge in [0, 0.05) is 25.7 Å². The Bertz CT molecular complexity index is 415. The number of β-amino-alcohol motifs (C(OH)–C–C–N with tert-alkyl or cyclic N) is 2. The molecular weight excluding hydrogens is 252 g/mol. The quantitative estimate of drug-likeness (QED) is 0.729. The van der Waals surface area contributed by atoms with Crippen molar-refractivity contribution >= 4 is 0 Å². The Balaban J connectivity index is 1.93. The van der Waals surface area contributed by atoms with Crippen molar-refractivity contribution in [3.05, 3.63) is 35.4 Å². The summed E-state index contributed by atoms with van der Waals surface area (Å²) in [4.78, 5) is 2.13. The lowest BCUT2D eigenvalue weighted by molar-refractivity contribution is 0.0572. The molecule has 2 rings (SSSR count). The molecule has 1 fully saturated rings. The van der Waals surface area contributed by atoms with Gasteiger partial charge in [-0.3, -0.25) is 4.90 Å². The van der Waals surface area contributed by atoms with E-state index < -0.39 is 12.2 Å². The molecule has 1 aromatic carbocycles. The summed E-state index contributed by atoms with van der Waals surface area (Å²) < 4.78 is 0. The first kappa shape index (κ1) is 15.4. The van der Waals surface area contributed by atoms with Crippen LogP contribution in [0.25, 0.3) is 0 Å². The summed E-state index contributed by atoms with van der Waals surface area (Å²) >= 11 is 0. The monoisotopic (exact) mass is 278 g/mol. The normalized spacial score (nSPS) is 25.0. The van der Waals surface area contributed by atoms with Gasteiger partial charge >= 0.3 is 0 Å². The Morgan fingerprint density at radius 1 is 1.30 bits per heavy atom. The Kier molecular flexibility index (Phi) is 5.54. The van der Waals surface area contributed by atoms with Crippen LogP contribution in [-0.2, 0) is 0 Å². The first-order valence-corrected chi connectivity index (χ1v) is 7.48. The van der Waals surface area contributed by atoms with Crippen LogP contribution in [0, 0.1) is 6.92 Å². The predicted octanol–water partition coefficient (Wildman–Crippen LogP) is 1.07. The Morgan fingerprint density at radius 3 is 2.60 bits per heavy atom. The van der Waals surface area contributed by atoms with Gasteiger partial charge in [-0.1, -0.05) is 36.8 Å². The van der Waals surface area contributed by atoms with Gasteiger partial charge in [-0.2, -0.15) is 0 Å². The molecule has 4 nitrogen and oxygen atoms in total. The molecule has 1 aliphatic rings. The maximum absolute atomic E-state index is 9.58. The molecule has 1 aromatic rings. The molecule has 4 heteroatoms. The summed E-state index contributed by atoms with van der Waals surface area (Å²) in [5.74, 6) is 0. The smallest absolute Gasteiger partial charge is 0.0938 e.